The molecule has 5 N–H and O–H groups in total. The maximum absolute atomic E-state index is 11.0. The molecule has 3 saturated heterocycles. The van der Waals surface area contributed by atoms with E-state index in [1.165, 1.54) is 0 Å². The molecule has 0 amide bonds. The number of fused-ring (bicyclic) bond motifs is 7. The van der Waals surface area contributed by atoms with Crippen molar-refractivity contribution in [2.75, 3.05) is 13.2 Å². The molecule has 0 aromatic rings. The second-order valence-corrected chi connectivity index (χ2v) is 16.1. The lowest BCUT2D eigenvalue weighted by molar-refractivity contribution is -0.331. The lowest BCUT2D eigenvalue weighted by atomic mass is 9.43. The van der Waals surface area contributed by atoms with E-state index >= 15 is 0 Å². The Hall–Kier alpha value is -0.360. The van der Waals surface area contributed by atoms with Crippen LogP contribution in [-0.2, 0) is 18.9 Å². The standard InChI is InChI=1S/C33H54O9/c1-16-7-10-33(39-15-16)17(2)25-22(42-33)12-21-20-6-5-18-11-19(35)8-9-31(18,3)26(20)23(13-32(21,25)4)40-30-29(38)28(37)27(36)24(14-34)41-30/h16-30,34-38H,5-15H2,1-4H3/t16-,17+,18-,19+,20-,21-,22+,23-,24-,25+,26-,27+,28+,29-,30-,31+,32+,33-/m1/s1. The molecule has 0 unspecified atom stereocenters. The monoisotopic (exact) mass is 594 g/mol. The topological polar surface area (TPSA) is 138 Å². The Morgan fingerprint density at radius 1 is 0.857 bits per heavy atom. The van der Waals surface area contributed by atoms with E-state index in [0.717, 1.165) is 64.4 Å². The molecule has 4 aliphatic carbocycles. The first-order valence-corrected chi connectivity index (χ1v) is 16.9. The average molecular weight is 595 g/mol. The maximum Gasteiger partial charge on any atom is 0.186 e. The summed E-state index contributed by atoms with van der Waals surface area (Å²) in [6.07, 6.45) is 1.80. The Morgan fingerprint density at radius 2 is 1.64 bits per heavy atom. The molecule has 0 radical (unpaired) electrons. The van der Waals surface area contributed by atoms with Crippen molar-refractivity contribution in [3.63, 3.8) is 0 Å². The summed E-state index contributed by atoms with van der Waals surface area (Å²) in [7, 11) is 0. The molecule has 9 nitrogen and oxygen atoms in total. The fourth-order valence-corrected chi connectivity index (χ4v) is 11.8. The Labute approximate surface area is 250 Å². The first-order valence-electron chi connectivity index (χ1n) is 16.9. The van der Waals surface area contributed by atoms with Crippen molar-refractivity contribution >= 4 is 0 Å². The molecular formula is C33H54O9. The van der Waals surface area contributed by atoms with Gasteiger partial charge in [0.2, 0.25) is 0 Å². The third-order valence-electron chi connectivity index (χ3n) is 14.0. The SMILES string of the molecule is C[C@@H]1CC[C@@]2(OC1)O[C@H]1C[C@@H]3[C@H]4CC[C@@H]5C[C@@H](O)CC[C@]5(C)[C@H]4[C@H](O[C@@H]4O[C@H](CO)[C@H](O)[C@H](O)[C@H]4O)C[C@]3(C)[C@H]1[C@@H]2C. The highest BCUT2D eigenvalue weighted by molar-refractivity contribution is 5.17. The number of rotatable bonds is 3. The van der Waals surface area contributed by atoms with Gasteiger partial charge in [-0.2, -0.15) is 0 Å². The van der Waals surface area contributed by atoms with Crippen molar-refractivity contribution in [2.24, 2.45) is 52.3 Å². The number of aliphatic hydroxyl groups is 5. The Morgan fingerprint density at radius 3 is 2.36 bits per heavy atom. The summed E-state index contributed by atoms with van der Waals surface area (Å²) in [6, 6.07) is 0. The van der Waals surface area contributed by atoms with Gasteiger partial charge in [0.15, 0.2) is 12.1 Å². The Balaban J connectivity index is 1.23. The normalized spacial score (nSPS) is 60.9. The molecule has 0 bridgehead atoms. The summed E-state index contributed by atoms with van der Waals surface area (Å²) in [5.41, 5.74) is -0.0758. The highest BCUT2D eigenvalue weighted by Crippen LogP contribution is 2.71. The van der Waals surface area contributed by atoms with E-state index in [4.69, 9.17) is 18.9 Å². The van der Waals surface area contributed by atoms with Crippen LogP contribution in [0.25, 0.3) is 0 Å². The summed E-state index contributed by atoms with van der Waals surface area (Å²) in [5.74, 6) is 2.14. The molecule has 7 aliphatic rings. The molecule has 0 aromatic carbocycles. The van der Waals surface area contributed by atoms with Crippen LogP contribution in [0.4, 0.5) is 0 Å². The largest absolute Gasteiger partial charge is 0.394 e. The fraction of sp³-hybridized carbons (Fsp3) is 1.00. The minimum Gasteiger partial charge on any atom is -0.394 e. The molecule has 240 valence electrons. The molecule has 1 spiro atoms. The smallest absolute Gasteiger partial charge is 0.186 e. The van der Waals surface area contributed by atoms with Crippen molar-refractivity contribution in [1.82, 2.24) is 0 Å². The average Bonchev–Trinajstić information content (AvgIpc) is 3.40. The van der Waals surface area contributed by atoms with E-state index in [2.05, 4.69) is 27.7 Å². The molecule has 7 rings (SSSR count). The van der Waals surface area contributed by atoms with Crippen molar-refractivity contribution in [2.45, 2.75) is 140 Å². The van der Waals surface area contributed by atoms with Crippen LogP contribution in [0, 0.1) is 52.3 Å². The van der Waals surface area contributed by atoms with Crippen LogP contribution in [0.5, 0.6) is 0 Å². The molecule has 3 aliphatic heterocycles. The van der Waals surface area contributed by atoms with Crippen LogP contribution in [-0.4, -0.2) is 93.6 Å². The van der Waals surface area contributed by atoms with Gasteiger partial charge in [0.1, 0.15) is 24.4 Å². The van der Waals surface area contributed by atoms with E-state index in [9.17, 15) is 25.5 Å². The van der Waals surface area contributed by atoms with Crippen LogP contribution in [0.2, 0.25) is 0 Å². The maximum atomic E-state index is 11.0. The quantitative estimate of drug-likeness (QED) is 0.334. The van der Waals surface area contributed by atoms with Gasteiger partial charge in [0.25, 0.3) is 0 Å². The first-order chi connectivity index (χ1) is 19.9. The van der Waals surface area contributed by atoms with Crippen LogP contribution in [0.3, 0.4) is 0 Å². The van der Waals surface area contributed by atoms with E-state index in [1.807, 2.05) is 0 Å². The van der Waals surface area contributed by atoms with Gasteiger partial charge in [0.05, 0.1) is 31.5 Å². The highest BCUT2D eigenvalue weighted by Gasteiger charge is 2.71. The van der Waals surface area contributed by atoms with Crippen molar-refractivity contribution < 1.29 is 44.5 Å². The molecule has 9 heteroatoms. The second kappa shape index (κ2) is 10.6. The first kappa shape index (κ1) is 30.3. The molecule has 0 aromatic heterocycles. The number of hydrogen-bond acceptors (Lipinski definition) is 9. The van der Waals surface area contributed by atoms with Gasteiger partial charge in [0, 0.05) is 12.3 Å². The zero-order valence-corrected chi connectivity index (χ0v) is 25.8. The lowest BCUT2D eigenvalue weighted by Gasteiger charge is -2.63. The number of hydrogen-bond donors (Lipinski definition) is 5. The zero-order chi connectivity index (χ0) is 29.8. The van der Waals surface area contributed by atoms with E-state index in [-0.39, 0.29) is 41.0 Å². The van der Waals surface area contributed by atoms with Gasteiger partial charge in [-0.05, 0) is 97.7 Å². The van der Waals surface area contributed by atoms with Gasteiger partial charge in [-0.1, -0.05) is 27.7 Å². The van der Waals surface area contributed by atoms with Crippen LogP contribution >= 0.6 is 0 Å². The fourth-order valence-electron chi connectivity index (χ4n) is 11.8. The predicted octanol–water partition coefficient (Wildman–Crippen LogP) is 2.59. The lowest BCUT2D eigenvalue weighted by Crippen LogP contribution is -2.63. The molecular weight excluding hydrogens is 540 g/mol. The van der Waals surface area contributed by atoms with Gasteiger partial charge >= 0.3 is 0 Å². The summed E-state index contributed by atoms with van der Waals surface area (Å²) in [4.78, 5) is 0. The molecule has 18 atom stereocenters. The third kappa shape index (κ3) is 4.35. The molecule has 4 saturated carbocycles. The number of ether oxygens (including phenoxy) is 4. The minimum atomic E-state index is -1.46. The summed E-state index contributed by atoms with van der Waals surface area (Å²) >= 11 is 0. The van der Waals surface area contributed by atoms with Gasteiger partial charge in [-0.15, -0.1) is 0 Å². The van der Waals surface area contributed by atoms with Crippen LogP contribution in [0.15, 0.2) is 0 Å². The Bertz CT molecular complexity index is 1000. The van der Waals surface area contributed by atoms with E-state index in [0.29, 0.717) is 29.6 Å². The molecule has 7 fully saturated rings. The van der Waals surface area contributed by atoms with Crippen molar-refractivity contribution in [1.29, 1.82) is 0 Å². The third-order valence-corrected chi connectivity index (χ3v) is 14.0. The van der Waals surface area contributed by atoms with Gasteiger partial charge in [-0.25, -0.2) is 0 Å². The number of aliphatic hydroxyl groups excluding tert-OH is 5. The predicted molar refractivity (Wildman–Crippen MR) is 152 cm³/mol. The Kier molecular flexibility index (Phi) is 7.64. The van der Waals surface area contributed by atoms with Crippen LogP contribution < -0.4 is 0 Å². The minimum absolute atomic E-state index is 0.0176. The highest BCUT2D eigenvalue weighted by atomic mass is 16.7. The summed E-state index contributed by atoms with van der Waals surface area (Å²) in [5, 5.41) is 52.5. The van der Waals surface area contributed by atoms with E-state index < -0.39 is 43.1 Å². The summed E-state index contributed by atoms with van der Waals surface area (Å²) < 4.78 is 26.2. The van der Waals surface area contributed by atoms with Crippen molar-refractivity contribution in [3.8, 4) is 0 Å². The van der Waals surface area contributed by atoms with Gasteiger partial charge < -0.3 is 44.5 Å². The molecule has 3 heterocycles. The molecule has 42 heavy (non-hydrogen) atoms. The van der Waals surface area contributed by atoms with Crippen LogP contribution in [0.1, 0.15) is 85.5 Å². The van der Waals surface area contributed by atoms with Gasteiger partial charge in [-0.3, -0.25) is 0 Å². The second-order valence-electron chi connectivity index (χ2n) is 16.1. The summed E-state index contributed by atoms with van der Waals surface area (Å²) in [6.45, 7) is 9.67. The zero-order valence-electron chi connectivity index (χ0n) is 25.8. The van der Waals surface area contributed by atoms with E-state index in [1.54, 1.807) is 0 Å². The van der Waals surface area contributed by atoms with Crippen molar-refractivity contribution in [3.05, 3.63) is 0 Å².